The Morgan fingerprint density at radius 2 is 2.33 bits per heavy atom. The van der Waals surface area contributed by atoms with Crippen molar-refractivity contribution in [1.29, 1.82) is 0 Å². The first-order chi connectivity index (χ1) is 8.83. The molecule has 0 radical (unpaired) electrons. The van der Waals surface area contributed by atoms with Gasteiger partial charge in [-0.05, 0) is 30.4 Å². The lowest BCUT2D eigenvalue weighted by Crippen LogP contribution is -2.22. The monoisotopic (exact) mass is 259 g/mol. The van der Waals surface area contributed by atoms with Crippen molar-refractivity contribution in [3.63, 3.8) is 0 Å². The van der Waals surface area contributed by atoms with Crippen molar-refractivity contribution in [1.82, 2.24) is 15.3 Å². The minimum Gasteiger partial charge on any atom is -0.346 e. The molecule has 4 nitrogen and oxygen atoms in total. The molecule has 0 unspecified atom stereocenters. The molecular formula is C13H13N3OS. The highest BCUT2D eigenvalue weighted by molar-refractivity contribution is 7.08. The summed E-state index contributed by atoms with van der Waals surface area (Å²) in [5.74, 6) is 0.558. The second-order valence-corrected chi connectivity index (χ2v) is 5.18. The number of nitrogens with zero attached hydrogens (tertiary/aromatic N) is 2. The Balaban J connectivity index is 1.62. The van der Waals surface area contributed by atoms with Gasteiger partial charge in [-0.3, -0.25) is 4.79 Å². The van der Waals surface area contributed by atoms with E-state index in [-0.39, 0.29) is 5.91 Å². The number of hydrogen-bond donors (Lipinski definition) is 1. The molecule has 0 bridgehead atoms. The van der Waals surface area contributed by atoms with Gasteiger partial charge in [0.1, 0.15) is 6.33 Å². The lowest BCUT2D eigenvalue weighted by atomic mass is 10.2. The molecule has 3 rings (SSSR count). The first kappa shape index (κ1) is 11.3. The predicted molar refractivity (Wildman–Crippen MR) is 69.5 cm³/mol. The van der Waals surface area contributed by atoms with Crippen molar-refractivity contribution >= 4 is 17.2 Å². The van der Waals surface area contributed by atoms with Crippen molar-refractivity contribution in [2.75, 3.05) is 0 Å². The van der Waals surface area contributed by atoms with Crippen LogP contribution in [0.3, 0.4) is 0 Å². The summed E-state index contributed by atoms with van der Waals surface area (Å²) in [5, 5.41) is 6.60. The Hall–Kier alpha value is -1.75. The predicted octanol–water partition coefficient (Wildman–Crippen LogP) is 2.35. The quantitative estimate of drug-likeness (QED) is 0.917. The molecule has 0 atom stereocenters. The van der Waals surface area contributed by atoms with Crippen molar-refractivity contribution < 1.29 is 4.79 Å². The number of thiophene rings is 1. The van der Waals surface area contributed by atoms with Gasteiger partial charge >= 0.3 is 0 Å². The van der Waals surface area contributed by atoms with E-state index in [1.807, 2.05) is 22.9 Å². The maximum absolute atomic E-state index is 11.8. The molecule has 1 fully saturated rings. The van der Waals surface area contributed by atoms with E-state index >= 15 is 0 Å². The van der Waals surface area contributed by atoms with Gasteiger partial charge in [-0.25, -0.2) is 9.97 Å². The molecule has 0 saturated heterocycles. The zero-order valence-electron chi connectivity index (χ0n) is 9.80. The number of nitrogens with one attached hydrogen (secondary N) is 1. The first-order valence-electron chi connectivity index (χ1n) is 5.94. The molecule has 2 heterocycles. The second-order valence-electron chi connectivity index (χ2n) is 4.40. The summed E-state index contributed by atoms with van der Waals surface area (Å²) in [6.07, 6.45) is 4.02. The Kier molecular flexibility index (Phi) is 3.06. The Labute approximate surface area is 109 Å². The van der Waals surface area contributed by atoms with E-state index < -0.39 is 0 Å². The van der Waals surface area contributed by atoms with Crippen molar-refractivity contribution in [2.45, 2.75) is 25.3 Å². The van der Waals surface area contributed by atoms with Gasteiger partial charge in [-0.1, -0.05) is 0 Å². The van der Waals surface area contributed by atoms with Crippen LogP contribution in [0.25, 0.3) is 0 Å². The van der Waals surface area contributed by atoms with E-state index in [2.05, 4.69) is 15.3 Å². The van der Waals surface area contributed by atoms with Gasteiger partial charge in [0.2, 0.25) is 0 Å². The van der Waals surface area contributed by atoms with Crippen molar-refractivity contribution in [3.05, 3.63) is 46.2 Å². The summed E-state index contributed by atoms with van der Waals surface area (Å²) in [6.45, 7) is 0.455. The summed E-state index contributed by atoms with van der Waals surface area (Å²) in [5.41, 5.74) is 2.68. The van der Waals surface area contributed by atoms with Crippen LogP contribution < -0.4 is 5.32 Å². The number of rotatable bonds is 4. The van der Waals surface area contributed by atoms with Crippen LogP contribution in [0.5, 0.6) is 0 Å². The fourth-order valence-electron chi connectivity index (χ4n) is 1.78. The summed E-state index contributed by atoms with van der Waals surface area (Å²) in [7, 11) is 0. The van der Waals surface area contributed by atoms with E-state index in [9.17, 15) is 4.79 Å². The lowest BCUT2D eigenvalue weighted by molar-refractivity contribution is 0.0951. The Morgan fingerprint density at radius 3 is 3.06 bits per heavy atom. The zero-order valence-corrected chi connectivity index (χ0v) is 10.6. The number of carbonyl (C=O) groups is 1. The lowest BCUT2D eigenvalue weighted by Gasteiger charge is -2.04. The minimum atomic E-state index is -0.0529. The number of hydrogen-bond acceptors (Lipinski definition) is 4. The van der Waals surface area contributed by atoms with Crippen molar-refractivity contribution in [3.8, 4) is 0 Å². The maximum Gasteiger partial charge on any atom is 0.252 e. The van der Waals surface area contributed by atoms with Crippen LogP contribution >= 0.6 is 11.3 Å². The molecule has 5 heteroatoms. The average molecular weight is 259 g/mol. The Bertz CT molecular complexity index is 549. The molecule has 2 aromatic heterocycles. The topological polar surface area (TPSA) is 54.9 Å². The molecule has 92 valence electrons. The van der Waals surface area contributed by atoms with Gasteiger partial charge in [0.15, 0.2) is 0 Å². The van der Waals surface area contributed by atoms with Gasteiger partial charge < -0.3 is 5.32 Å². The van der Waals surface area contributed by atoms with Gasteiger partial charge in [-0.15, -0.1) is 0 Å². The molecule has 0 spiro atoms. The molecule has 1 amide bonds. The van der Waals surface area contributed by atoms with Crippen molar-refractivity contribution in [2.24, 2.45) is 0 Å². The van der Waals surface area contributed by atoms with E-state index in [0.717, 1.165) is 11.4 Å². The molecular weight excluding hydrogens is 246 g/mol. The fourth-order valence-corrected chi connectivity index (χ4v) is 2.42. The van der Waals surface area contributed by atoms with Crippen LogP contribution in [0.1, 0.15) is 40.5 Å². The smallest absolute Gasteiger partial charge is 0.252 e. The third kappa shape index (κ3) is 2.56. The van der Waals surface area contributed by atoms with Gasteiger partial charge in [0.05, 0.1) is 12.2 Å². The molecule has 0 aliphatic heterocycles. The standard InChI is InChI=1S/C13H13N3OS/c17-13(10-3-4-18-7-10)14-6-11-5-12(9-1-2-9)16-8-15-11/h3-5,7-9H,1-2,6H2,(H,14,17). The van der Waals surface area contributed by atoms with E-state index in [4.69, 9.17) is 0 Å². The highest BCUT2D eigenvalue weighted by Gasteiger charge is 2.25. The third-order valence-corrected chi connectivity index (χ3v) is 3.64. The normalized spacial score (nSPS) is 14.4. The first-order valence-corrected chi connectivity index (χ1v) is 6.88. The summed E-state index contributed by atoms with van der Waals surface area (Å²) in [4.78, 5) is 20.2. The van der Waals surface area contributed by atoms with Gasteiger partial charge in [-0.2, -0.15) is 11.3 Å². The number of carbonyl (C=O) groups excluding carboxylic acids is 1. The minimum absolute atomic E-state index is 0.0529. The SMILES string of the molecule is O=C(NCc1cc(C2CC2)ncn1)c1ccsc1. The molecule has 0 aromatic carbocycles. The highest BCUT2D eigenvalue weighted by Crippen LogP contribution is 2.38. The van der Waals surface area contributed by atoms with Crippen LogP contribution in [0.15, 0.2) is 29.2 Å². The molecule has 1 N–H and O–H groups in total. The maximum atomic E-state index is 11.8. The van der Waals surface area contributed by atoms with Crippen LogP contribution in [0, 0.1) is 0 Å². The number of aromatic nitrogens is 2. The molecule has 1 aliphatic rings. The second kappa shape index (κ2) is 4.86. The average Bonchev–Trinajstić information content (AvgIpc) is 3.11. The zero-order chi connectivity index (χ0) is 12.4. The Morgan fingerprint density at radius 1 is 1.44 bits per heavy atom. The molecule has 2 aromatic rings. The number of amides is 1. The summed E-state index contributed by atoms with van der Waals surface area (Å²) >= 11 is 1.52. The molecule has 1 aliphatic carbocycles. The van der Waals surface area contributed by atoms with Crippen LogP contribution in [-0.4, -0.2) is 15.9 Å². The van der Waals surface area contributed by atoms with E-state index in [0.29, 0.717) is 18.0 Å². The van der Waals surface area contributed by atoms with E-state index in [1.165, 1.54) is 24.2 Å². The molecule has 1 saturated carbocycles. The van der Waals surface area contributed by atoms with Gasteiger partial charge in [0, 0.05) is 22.6 Å². The van der Waals surface area contributed by atoms with Crippen LogP contribution in [0.4, 0.5) is 0 Å². The third-order valence-electron chi connectivity index (χ3n) is 2.95. The summed E-state index contributed by atoms with van der Waals surface area (Å²) < 4.78 is 0. The van der Waals surface area contributed by atoms with Crippen LogP contribution in [0.2, 0.25) is 0 Å². The fraction of sp³-hybridized carbons (Fsp3) is 0.308. The van der Waals surface area contributed by atoms with E-state index in [1.54, 1.807) is 6.33 Å². The van der Waals surface area contributed by atoms with Gasteiger partial charge in [0.25, 0.3) is 5.91 Å². The highest BCUT2D eigenvalue weighted by atomic mass is 32.1. The van der Waals surface area contributed by atoms with Crippen LogP contribution in [-0.2, 0) is 6.54 Å². The summed E-state index contributed by atoms with van der Waals surface area (Å²) in [6, 6.07) is 3.81. The molecule has 18 heavy (non-hydrogen) atoms. The largest absolute Gasteiger partial charge is 0.346 e.